The third-order valence-electron chi connectivity index (χ3n) is 6.72. The minimum atomic E-state index is -0.936. The molecule has 0 saturated carbocycles. The Kier molecular flexibility index (Phi) is 7.40. The van der Waals surface area contributed by atoms with E-state index in [9.17, 15) is 23.1 Å². The van der Waals surface area contributed by atoms with Crippen molar-refractivity contribution in [3.8, 4) is 5.75 Å². The van der Waals surface area contributed by atoms with E-state index in [2.05, 4.69) is 4.98 Å². The normalized spacial score (nSPS) is 18.5. The molecule has 184 valence electrons. The van der Waals surface area contributed by atoms with Gasteiger partial charge in [-0.05, 0) is 74.2 Å². The minimum absolute atomic E-state index is 0.150. The Hall–Kier alpha value is -3.39. The monoisotopic (exact) mass is 484 g/mol. The lowest BCUT2D eigenvalue weighted by Gasteiger charge is -2.24. The summed E-state index contributed by atoms with van der Waals surface area (Å²) >= 11 is 0. The molecule has 1 N–H and O–H groups in total. The van der Waals surface area contributed by atoms with Gasteiger partial charge in [0.2, 0.25) is 0 Å². The van der Waals surface area contributed by atoms with E-state index in [0.717, 1.165) is 18.2 Å². The largest absolute Gasteiger partial charge is 0.497 e. The number of aromatic nitrogens is 1. The highest BCUT2D eigenvalue weighted by atomic mass is 19.1. The van der Waals surface area contributed by atoms with Gasteiger partial charge in [-0.1, -0.05) is 12.2 Å². The molecule has 8 heteroatoms. The van der Waals surface area contributed by atoms with Crippen LogP contribution in [-0.2, 0) is 11.2 Å². The van der Waals surface area contributed by atoms with Gasteiger partial charge in [-0.25, -0.2) is 13.2 Å². The van der Waals surface area contributed by atoms with Crippen LogP contribution >= 0.6 is 0 Å². The van der Waals surface area contributed by atoms with Crippen LogP contribution < -0.4 is 4.74 Å². The lowest BCUT2D eigenvalue weighted by Crippen LogP contribution is -2.35. The number of rotatable bonds is 9. The highest BCUT2D eigenvalue weighted by Crippen LogP contribution is 2.37. The van der Waals surface area contributed by atoms with Crippen molar-refractivity contribution in [1.82, 2.24) is 9.88 Å². The summed E-state index contributed by atoms with van der Waals surface area (Å²) in [4.78, 5) is 18.3. The zero-order valence-electron chi connectivity index (χ0n) is 19.4. The van der Waals surface area contributed by atoms with Crippen LogP contribution in [0.3, 0.4) is 0 Å². The van der Waals surface area contributed by atoms with Gasteiger partial charge in [-0.2, -0.15) is 0 Å². The molecule has 1 unspecified atom stereocenters. The van der Waals surface area contributed by atoms with E-state index in [4.69, 9.17) is 4.74 Å². The van der Waals surface area contributed by atoms with Crippen LogP contribution in [-0.4, -0.2) is 47.7 Å². The Morgan fingerprint density at radius 3 is 2.80 bits per heavy atom. The number of aryl methyl sites for hydroxylation is 1. The molecule has 1 fully saturated rings. The van der Waals surface area contributed by atoms with Crippen LogP contribution in [0.4, 0.5) is 13.2 Å². The molecule has 0 radical (unpaired) electrons. The van der Waals surface area contributed by atoms with Crippen molar-refractivity contribution in [2.24, 2.45) is 5.41 Å². The maximum atomic E-state index is 14.6. The number of halogens is 3. The molecule has 0 amide bonds. The lowest BCUT2D eigenvalue weighted by atomic mass is 9.81. The van der Waals surface area contributed by atoms with Gasteiger partial charge in [-0.15, -0.1) is 0 Å². The Bertz CT molecular complexity index is 1260. The number of fused-ring (bicyclic) bond motifs is 1. The first-order valence-corrected chi connectivity index (χ1v) is 11.5. The second kappa shape index (κ2) is 10.5. The number of hydrogen-bond donors (Lipinski definition) is 1. The summed E-state index contributed by atoms with van der Waals surface area (Å²) in [7, 11) is 1.54. The van der Waals surface area contributed by atoms with Crippen LogP contribution in [0.25, 0.3) is 17.0 Å². The molecule has 5 nitrogen and oxygen atoms in total. The van der Waals surface area contributed by atoms with E-state index < -0.39 is 28.8 Å². The summed E-state index contributed by atoms with van der Waals surface area (Å²) in [6, 6.07) is 8.54. The number of methoxy groups -OCH3 is 1. The van der Waals surface area contributed by atoms with E-state index in [1.54, 1.807) is 31.4 Å². The molecule has 0 spiro atoms. The average molecular weight is 485 g/mol. The summed E-state index contributed by atoms with van der Waals surface area (Å²) in [5.74, 6) is -1.73. The van der Waals surface area contributed by atoms with E-state index in [1.807, 2.05) is 4.90 Å². The van der Waals surface area contributed by atoms with Crippen molar-refractivity contribution in [1.29, 1.82) is 0 Å². The molecule has 2 heterocycles. The fourth-order valence-electron chi connectivity index (χ4n) is 4.76. The molecule has 4 rings (SSSR count). The Morgan fingerprint density at radius 2 is 2.03 bits per heavy atom. The van der Waals surface area contributed by atoms with Crippen LogP contribution in [0.15, 0.2) is 48.7 Å². The minimum Gasteiger partial charge on any atom is -0.497 e. The molecule has 3 aromatic rings. The predicted molar refractivity (Wildman–Crippen MR) is 128 cm³/mol. The molecule has 1 aliphatic heterocycles. The number of nitrogens with zero attached hydrogens (tertiary/aromatic N) is 2. The van der Waals surface area contributed by atoms with Gasteiger partial charge >= 0.3 is 5.97 Å². The Morgan fingerprint density at radius 1 is 1.20 bits per heavy atom. The number of hydrogen-bond acceptors (Lipinski definition) is 4. The highest BCUT2D eigenvalue weighted by Gasteiger charge is 2.43. The summed E-state index contributed by atoms with van der Waals surface area (Å²) in [6.07, 6.45) is 6.16. The molecule has 35 heavy (non-hydrogen) atoms. The summed E-state index contributed by atoms with van der Waals surface area (Å²) in [5.41, 5.74) is 0.375. The smallest absolute Gasteiger partial charge is 0.310 e. The molecule has 2 aromatic carbocycles. The molecule has 1 aromatic heterocycles. The predicted octanol–water partition coefficient (Wildman–Crippen LogP) is 5.47. The van der Waals surface area contributed by atoms with Gasteiger partial charge in [0.15, 0.2) is 0 Å². The first-order chi connectivity index (χ1) is 16.8. The van der Waals surface area contributed by atoms with Crippen molar-refractivity contribution >= 4 is 22.9 Å². The zero-order valence-corrected chi connectivity index (χ0v) is 19.4. The molecule has 0 bridgehead atoms. The fourth-order valence-corrected chi connectivity index (χ4v) is 4.76. The zero-order chi connectivity index (χ0) is 25.0. The maximum Gasteiger partial charge on any atom is 0.310 e. The van der Waals surface area contributed by atoms with Gasteiger partial charge in [0.25, 0.3) is 0 Å². The molecular weight excluding hydrogens is 457 g/mol. The number of carboxylic acids is 1. The molecule has 1 atom stereocenters. The van der Waals surface area contributed by atoms with E-state index in [-0.39, 0.29) is 5.56 Å². The second-order valence-corrected chi connectivity index (χ2v) is 8.96. The van der Waals surface area contributed by atoms with Gasteiger partial charge < -0.3 is 9.84 Å². The Labute approximate surface area is 201 Å². The van der Waals surface area contributed by atoms with Crippen LogP contribution in [0.5, 0.6) is 5.75 Å². The van der Waals surface area contributed by atoms with Crippen molar-refractivity contribution in [2.75, 3.05) is 26.7 Å². The summed E-state index contributed by atoms with van der Waals surface area (Å²) in [5, 5.41) is 10.7. The number of carboxylic acid groups (broad SMARTS) is 1. The Balaban J connectivity index is 1.41. The average Bonchev–Trinajstić information content (AvgIpc) is 3.27. The topological polar surface area (TPSA) is 62.7 Å². The highest BCUT2D eigenvalue weighted by molar-refractivity contribution is 5.83. The number of aliphatic carboxylic acids is 1. The standard InChI is InChI=1S/C27H27F3N2O3/c1-35-20-7-9-25-22(15-20)21(24(30)16-31-25)5-2-10-27(26(33)34)11-13-32(17-27)12-3-4-18-14-19(28)6-8-23(18)29/h3-4,6-9,14-16H,2,5,10-13,17H2,1H3,(H,33,34). The van der Waals surface area contributed by atoms with Crippen LogP contribution in [0, 0.1) is 22.9 Å². The van der Waals surface area contributed by atoms with Gasteiger partial charge in [0, 0.05) is 24.0 Å². The van der Waals surface area contributed by atoms with E-state index in [1.165, 1.54) is 12.3 Å². The third kappa shape index (κ3) is 5.48. The number of likely N-dealkylation sites (tertiary alicyclic amines) is 1. The first-order valence-electron chi connectivity index (χ1n) is 11.5. The van der Waals surface area contributed by atoms with E-state index >= 15 is 0 Å². The number of benzene rings is 2. The maximum absolute atomic E-state index is 14.6. The lowest BCUT2D eigenvalue weighted by molar-refractivity contribution is -0.148. The van der Waals surface area contributed by atoms with Gasteiger partial charge in [0.05, 0.1) is 24.2 Å². The summed E-state index contributed by atoms with van der Waals surface area (Å²) in [6.45, 7) is 1.34. The molecule has 0 aliphatic carbocycles. The van der Waals surface area contributed by atoms with E-state index in [0.29, 0.717) is 67.5 Å². The van der Waals surface area contributed by atoms with Crippen molar-refractivity contribution in [3.05, 3.63) is 77.2 Å². The third-order valence-corrected chi connectivity index (χ3v) is 6.72. The van der Waals surface area contributed by atoms with Crippen LogP contribution in [0.1, 0.15) is 30.4 Å². The summed E-state index contributed by atoms with van der Waals surface area (Å²) < 4.78 is 47.0. The number of carbonyl (C=O) groups is 1. The van der Waals surface area contributed by atoms with Crippen molar-refractivity contribution < 1.29 is 27.8 Å². The molecular formula is C27H27F3N2O3. The van der Waals surface area contributed by atoms with Crippen LogP contribution in [0.2, 0.25) is 0 Å². The second-order valence-electron chi connectivity index (χ2n) is 8.96. The van der Waals surface area contributed by atoms with Gasteiger partial charge in [-0.3, -0.25) is 14.7 Å². The quantitative estimate of drug-likeness (QED) is 0.436. The first kappa shape index (κ1) is 24.7. The van der Waals surface area contributed by atoms with Gasteiger partial charge in [0.1, 0.15) is 23.2 Å². The van der Waals surface area contributed by atoms with Crippen molar-refractivity contribution in [2.45, 2.75) is 25.7 Å². The number of ether oxygens (including phenoxy) is 1. The molecule has 1 aliphatic rings. The SMILES string of the molecule is COc1ccc2ncc(F)c(CCCC3(C(=O)O)CCN(CC=Cc4cc(F)ccc4F)C3)c2c1. The molecule has 1 saturated heterocycles. The van der Waals surface area contributed by atoms with Crippen molar-refractivity contribution in [3.63, 3.8) is 0 Å². The fraction of sp³-hybridized carbons (Fsp3) is 0.333. The number of pyridine rings is 1.